The Labute approximate surface area is 116 Å². The highest BCUT2D eigenvalue weighted by Crippen LogP contribution is 2.40. The van der Waals surface area contributed by atoms with Crippen LogP contribution in [0.5, 0.6) is 0 Å². The van der Waals surface area contributed by atoms with E-state index in [-0.39, 0.29) is 0 Å². The van der Waals surface area contributed by atoms with E-state index in [0.717, 1.165) is 27.8 Å². The zero-order valence-corrected chi connectivity index (χ0v) is 12.6. The highest BCUT2D eigenvalue weighted by atomic mass is 32.1. The number of aromatic nitrogens is 2. The van der Waals surface area contributed by atoms with Gasteiger partial charge in [0.25, 0.3) is 0 Å². The molecule has 0 unspecified atom stereocenters. The number of aryl methyl sites for hydroxylation is 1. The van der Waals surface area contributed by atoms with E-state index < -0.39 is 0 Å². The summed E-state index contributed by atoms with van der Waals surface area (Å²) < 4.78 is 4.28. The molecule has 98 valence electrons. The summed E-state index contributed by atoms with van der Waals surface area (Å²) in [4.78, 5) is 6.74. The monoisotopic (exact) mass is 282 g/mol. The standard InChI is InChI=1S/C12H18N4S2/c1-4-5-6-16(3)12-9(10(13)15-18-12)11-14-8(2)7-17-11/h7H,4-6H2,1-3H3,(H2,13,15). The van der Waals surface area contributed by atoms with Gasteiger partial charge in [-0.25, -0.2) is 4.98 Å². The minimum absolute atomic E-state index is 0.590. The van der Waals surface area contributed by atoms with Crippen molar-refractivity contribution in [2.24, 2.45) is 0 Å². The number of rotatable bonds is 5. The molecule has 18 heavy (non-hydrogen) atoms. The summed E-state index contributed by atoms with van der Waals surface area (Å²) in [5.74, 6) is 0.590. The Morgan fingerprint density at radius 2 is 2.22 bits per heavy atom. The molecule has 0 aliphatic heterocycles. The van der Waals surface area contributed by atoms with Crippen LogP contribution in [0.2, 0.25) is 0 Å². The number of thiazole rings is 1. The van der Waals surface area contributed by atoms with Gasteiger partial charge in [0.1, 0.15) is 15.8 Å². The predicted octanol–water partition coefficient (Wildman–Crippen LogP) is 3.39. The number of nitrogens with zero attached hydrogens (tertiary/aromatic N) is 3. The molecule has 0 bridgehead atoms. The smallest absolute Gasteiger partial charge is 0.149 e. The molecule has 0 radical (unpaired) electrons. The van der Waals surface area contributed by atoms with Crippen molar-refractivity contribution >= 4 is 33.7 Å². The Morgan fingerprint density at radius 3 is 2.83 bits per heavy atom. The maximum absolute atomic E-state index is 5.99. The molecule has 0 saturated carbocycles. The topological polar surface area (TPSA) is 55.0 Å². The van der Waals surface area contributed by atoms with E-state index in [1.54, 1.807) is 11.3 Å². The Morgan fingerprint density at radius 1 is 1.44 bits per heavy atom. The van der Waals surface area contributed by atoms with E-state index in [1.807, 2.05) is 12.3 Å². The van der Waals surface area contributed by atoms with Crippen LogP contribution >= 0.6 is 22.9 Å². The normalized spacial score (nSPS) is 10.8. The van der Waals surface area contributed by atoms with E-state index in [0.29, 0.717) is 5.82 Å². The van der Waals surface area contributed by atoms with Crippen molar-refractivity contribution in [1.29, 1.82) is 0 Å². The molecule has 6 heteroatoms. The van der Waals surface area contributed by atoms with Gasteiger partial charge >= 0.3 is 0 Å². The van der Waals surface area contributed by atoms with Crippen molar-refractivity contribution in [3.8, 4) is 10.6 Å². The molecule has 0 fully saturated rings. The van der Waals surface area contributed by atoms with Crippen LogP contribution in [-0.2, 0) is 0 Å². The fraction of sp³-hybridized carbons (Fsp3) is 0.500. The van der Waals surface area contributed by atoms with Crippen LogP contribution in [0.25, 0.3) is 10.6 Å². The van der Waals surface area contributed by atoms with Crippen LogP contribution in [0.4, 0.5) is 10.8 Å². The van der Waals surface area contributed by atoms with Gasteiger partial charge in [0.2, 0.25) is 0 Å². The molecule has 0 aromatic carbocycles. The summed E-state index contributed by atoms with van der Waals surface area (Å²) in [6.45, 7) is 5.21. The first-order chi connectivity index (χ1) is 8.63. The maximum Gasteiger partial charge on any atom is 0.149 e. The Bertz CT molecular complexity index is 518. The van der Waals surface area contributed by atoms with Gasteiger partial charge in [-0.2, -0.15) is 4.37 Å². The second-order valence-corrected chi connectivity index (χ2v) is 5.93. The molecule has 2 N–H and O–H groups in total. The number of hydrogen-bond donors (Lipinski definition) is 1. The van der Waals surface area contributed by atoms with Crippen LogP contribution < -0.4 is 10.6 Å². The number of hydrogen-bond acceptors (Lipinski definition) is 6. The molecule has 0 saturated heterocycles. The zero-order valence-electron chi connectivity index (χ0n) is 10.9. The van der Waals surface area contributed by atoms with E-state index >= 15 is 0 Å². The third-order valence-corrected chi connectivity index (χ3v) is 4.68. The predicted molar refractivity (Wildman–Crippen MR) is 80.5 cm³/mol. The summed E-state index contributed by atoms with van der Waals surface area (Å²) in [6.07, 6.45) is 2.36. The summed E-state index contributed by atoms with van der Waals surface area (Å²) in [7, 11) is 2.09. The molecule has 0 aliphatic carbocycles. The summed E-state index contributed by atoms with van der Waals surface area (Å²) in [6, 6.07) is 0. The molecule has 2 heterocycles. The second kappa shape index (κ2) is 5.67. The van der Waals surface area contributed by atoms with Gasteiger partial charge < -0.3 is 10.6 Å². The molecule has 0 spiro atoms. The fourth-order valence-corrected chi connectivity index (χ4v) is 3.44. The summed E-state index contributed by atoms with van der Waals surface area (Å²) >= 11 is 3.08. The van der Waals surface area contributed by atoms with E-state index in [1.165, 1.54) is 24.4 Å². The van der Waals surface area contributed by atoms with Gasteiger partial charge in [-0.05, 0) is 24.9 Å². The largest absolute Gasteiger partial charge is 0.382 e. The Balaban J connectivity index is 2.32. The van der Waals surface area contributed by atoms with E-state index in [2.05, 4.69) is 28.2 Å². The highest BCUT2D eigenvalue weighted by Gasteiger charge is 2.19. The van der Waals surface area contributed by atoms with Crippen molar-refractivity contribution < 1.29 is 0 Å². The van der Waals surface area contributed by atoms with Crippen molar-refractivity contribution in [3.63, 3.8) is 0 Å². The lowest BCUT2D eigenvalue weighted by Crippen LogP contribution is -2.17. The van der Waals surface area contributed by atoms with E-state index in [4.69, 9.17) is 5.73 Å². The lowest BCUT2D eigenvalue weighted by molar-refractivity contribution is 0.771. The molecule has 4 nitrogen and oxygen atoms in total. The summed E-state index contributed by atoms with van der Waals surface area (Å²) in [5.41, 5.74) is 8.02. The number of unbranched alkanes of at least 4 members (excludes halogenated alkanes) is 1. The van der Waals surface area contributed by atoms with Gasteiger partial charge in [-0.3, -0.25) is 0 Å². The van der Waals surface area contributed by atoms with E-state index in [9.17, 15) is 0 Å². The van der Waals surface area contributed by atoms with Crippen LogP contribution in [-0.4, -0.2) is 22.9 Å². The molecule has 2 aromatic rings. The quantitative estimate of drug-likeness (QED) is 0.913. The Kier molecular flexibility index (Phi) is 4.19. The molecule has 0 aliphatic rings. The highest BCUT2D eigenvalue weighted by molar-refractivity contribution is 7.15. The molecular weight excluding hydrogens is 264 g/mol. The van der Waals surface area contributed by atoms with Crippen LogP contribution in [0.3, 0.4) is 0 Å². The molecule has 0 amide bonds. The van der Waals surface area contributed by atoms with Crippen LogP contribution in [0.15, 0.2) is 5.38 Å². The zero-order chi connectivity index (χ0) is 13.1. The fourth-order valence-electron chi connectivity index (χ4n) is 1.72. The lowest BCUT2D eigenvalue weighted by Gasteiger charge is -2.17. The molecule has 0 atom stereocenters. The van der Waals surface area contributed by atoms with Crippen LogP contribution in [0, 0.1) is 6.92 Å². The number of nitrogen functional groups attached to an aromatic ring is 1. The third-order valence-electron chi connectivity index (χ3n) is 2.73. The second-order valence-electron chi connectivity index (χ2n) is 4.32. The van der Waals surface area contributed by atoms with Crippen molar-refractivity contribution in [1.82, 2.24) is 9.36 Å². The lowest BCUT2D eigenvalue weighted by atomic mass is 10.3. The molecule has 2 aromatic heterocycles. The van der Waals surface area contributed by atoms with Gasteiger partial charge in [-0.1, -0.05) is 13.3 Å². The van der Waals surface area contributed by atoms with Crippen molar-refractivity contribution in [2.75, 3.05) is 24.2 Å². The third kappa shape index (κ3) is 2.64. The SMILES string of the molecule is CCCCN(C)c1snc(N)c1-c1nc(C)cs1. The average Bonchev–Trinajstić information content (AvgIpc) is 2.92. The maximum atomic E-state index is 5.99. The minimum Gasteiger partial charge on any atom is -0.382 e. The first kappa shape index (κ1) is 13.3. The van der Waals surface area contributed by atoms with Crippen LogP contribution in [0.1, 0.15) is 25.5 Å². The van der Waals surface area contributed by atoms with Gasteiger partial charge in [-0.15, -0.1) is 11.3 Å². The minimum atomic E-state index is 0.590. The molecule has 2 rings (SSSR count). The first-order valence-electron chi connectivity index (χ1n) is 6.02. The van der Waals surface area contributed by atoms with Crippen molar-refractivity contribution in [2.45, 2.75) is 26.7 Å². The summed E-state index contributed by atoms with van der Waals surface area (Å²) in [5, 5.41) is 4.13. The first-order valence-corrected chi connectivity index (χ1v) is 7.67. The number of nitrogens with two attached hydrogens (primary N) is 1. The average molecular weight is 282 g/mol. The van der Waals surface area contributed by atoms with Crippen molar-refractivity contribution in [3.05, 3.63) is 11.1 Å². The van der Waals surface area contributed by atoms with Gasteiger partial charge in [0.15, 0.2) is 0 Å². The van der Waals surface area contributed by atoms with Gasteiger partial charge in [0.05, 0.1) is 5.56 Å². The number of anilines is 2. The van der Waals surface area contributed by atoms with Gasteiger partial charge in [0, 0.05) is 24.7 Å². The molecular formula is C12H18N4S2. The Hall–Kier alpha value is -1.14.